The molecule has 7 heteroatoms. The average Bonchev–Trinajstić information content (AvgIpc) is 3.29. The molecule has 1 saturated carbocycles. The number of hydrogen-bond donors (Lipinski definition) is 0. The van der Waals surface area contributed by atoms with E-state index in [4.69, 9.17) is 0 Å². The molecule has 1 aromatic carbocycles. The number of halogens is 1. The summed E-state index contributed by atoms with van der Waals surface area (Å²) < 4.78 is 5.25. The predicted octanol–water partition coefficient (Wildman–Crippen LogP) is 4.76. The zero-order chi connectivity index (χ0) is 18.3. The molecule has 0 spiro atoms. The predicted molar refractivity (Wildman–Crippen MR) is 106 cm³/mol. The van der Waals surface area contributed by atoms with Crippen LogP contribution in [0.1, 0.15) is 40.6 Å². The maximum Gasteiger partial charge on any atom is 0.191 e. The molecule has 2 aromatic heterocycles. The Morgan fingerprint density at radius 3 is 2.69 bits per heavy atom. The van der Waals surface area contributed by atoms with Gasteiger partial charge in [-0.2, -0.15) is 0 Å². The standard InChI is InChI=1S/C19H19BrN4OS/c1-12-9-17(13(2)24(12)16-5-3-14(20)4-6-16)18(25)10-26-19-22-21-11-23(19)15-7-8-15/h3-6,9,11,15H,7-8,10H2,1-2H3. The average molecular weight is 431 g/mol. The lowest BCUT2D eigenvalue weighted by atomic mass is 10.2. The number of rotatable bonds is 6. The number of ketones is 1. The summed E-state index contributed by atoms with van der Waals surface area (Å²) in [6.07, 6.45) is 4.12. The van der Waals surface area contributed by atoms with Gasteiger partial charge in [0.1, 0.15) is 6.33 Å². The van der Waals surface area contributed by atoms with Gasteiger partial charge in [0.25, 0.3) is 0 Å². The number of benzene rings is 1. The van der Waals surface area contributed by atoms with Crippen molar-refractivity contribution >= 4 is 33.5 Å². The number of carbonyl (C=O) groups excluding carboxylic acids is 1. The van der Waals surface area contributed by atoms with Crippen LogP contribution in [0, 0.1) is 13.8 Å². The van der Waals surface area contributed by atoms with Crippen LogP contribution in [-0.2, 0) is 0 Å². The molecule has 0 saturated heterocycles. The van der Waals surface area contributed by atoms with E-state index in [-0.39, 0.29) is 5.78 Å². The molecule has 0 unspecified atom stereocenters. The Kier molecular flexibility index (Phi) is 4.75. The molecule has 0 atom stereocenters. The minimum absolute atomic E-state index is 0.122. The maximum atomic E-state index is 12.8. The SMILES string of the molecule is Cc1cc(C(=O)CSc2nncn2C2CC2)c(C)n1-c1ccc(Br)cc1. The molecule has 1 aliphatic carbocycles. The van der Waals surface area contributed by atoms with E-state index in [0.29, 0.717) is 11.8 Å². The van der Waals surface area contributed by atoms with E-state index in [2.05, 4.69) is 35.3 Å². The summed E-state index contributed by atoms with van der Waals surface area (Å²) in [5.41, 5.74) is 3.86. The maximum absolute atomic E-state index is 12.8. The highest BCUT2D eigenvalue weighted by Gasteiger charge is 2.26. The molecule has 2 heterocycles. The smallest absolute Gasteiger partial charge is 0.191 e. The number of thioether (sulfide) groups is 1. The number of aryl methyl sites for hydroxylation is 1. The van der Waals surface area contributed by atoms with E-state index in [1.165, 1.54) is 24.6 Å². The van der Waals surface area contributed by atoms with Crippen molar-refractivity contribution < 1.29 is 4.79 Å². The first kappa shape index (κ1) is 17.5. The van der Waals surface area contributed by atoms with E-state index >= 15 is 0 Å². The van der Waals surface area contributed by atoms with Gasteiger partial charge in [-0.15, -0.1) is 10.2 Å². The minimum atomic E-state index is 0.122. The fourth-order valence-corrected chi connectivity index (χ4v) is 4.31. The molecule has 1 fully saturated rings. The van der Waals surface area contributed by atoms with Gasteiger partial charge >= 0.3 is 0 Å². The second-order valence-corrected chi connectivity index (χ2v) is 8.42. The van der Waals surface area contributed by atoms with Gasteiger partial charge < -0.3 is 9.13 Å². The zero-order valence-electron chi connectivity index (χ0n) is 14.6. The molecule has 0 bridgehead atoms. The molecule has 134 valence electrons. The third-order valence-corrected chi connectivity index (χ3v) is 6.12. The summed E-state index contributed by atoms with van der Waals surface area (Å²) >= 11 is 4.93. The number of Topliss-reactive ketones (excluding diaryl/α,β-unsaturated/α-hetero) is 1. The zero-order valence-corrected chi connectivity index (χ0v) is 17.0. The third kappa shape index (κ3) is 3.38. The second-order valence-electron chi connectivity index (χ2n) is 6.56. The lowest BCUT2D eigenvalue weighted by Crippen LogP contribution is -2.06. The summed E-state index contributed by atoms with van der Waals surface area (Å²) in [6.45, 7) is 4.03. The van der Waals surface area contributed by atoms with Gasteiger partial charge in [-0.05, 0) is 57.0 Å². The lowest BCUT2D eigenvalue weighted by molar-refractivity contribution is 0.102. The molecule has 5 nitrogen and oxygen atoms in total. The van der Waals surface area contributed by atoms with Crippen LogP contribution in [0.3, 0.4) is 0 Å². The van der Waals surface area contributed by atoms with Gasteiger partial charge in [-0.25, -0.2) is 0 Å². The molecule has 4 rings (SSSR count). The first-order valence-corrected chi connectivity index (χ1v) is 10.3. The van der Waals surface area contributed by atoms with Crippen LogP contribution in [0.2, 0.25) is 0 Å². The third-order valence-electron chi connectivity index (χ3n) is 4.63. The summed E-state index contributed by atoms with van der Waals surface area (Å²) in [7, 11) is 0. The van der Waals surface area contributed by atoms with Gasteiger partial charge in [-0.3, -0.25) is 4.79 Å². The fraction of sp³-hybridized carbons (Fsp3) is 0.316. The van der Waals surface area contributed by atoms with Crippen LogP contribution in [0.15, 0.2) is 46.3 Å². The molecular formula is C19H19BrN4OS. The van der Waals surface area contributed by atoms with Crippen LogP contribution in [0.4, 0.5) is 0 Å². The summed E-state index contributed by atoms with van der Waals surface area (Å²) in [5, 5.41) is 8.98. The summed E-state index contributed by atoms with van der Waals surface area (Å²) in [6, 6.07) is 10.6. The Balaban J connectivity index is 1.54. The van der Waals surface area contributed by atoms with Crippen molar-refractivity contribution in [1.82, 2.24) is 19.3 Å². The van der Waals surface area contributed by atoms with Crippen LogP contribution in [-0.4, -0.2) is 30.9 Å². The van der Waals surface area contributed by atoms with Crippen LogP contribution < -0.4 is 0 Å². The van der Waals surface area contributed by atoms with Crippen LogP contribution in [0.5, 0.6) is 0 Å². The highest BCUT2D eigenvalue weighted by atomic mass is 79.9. The largest absolute Gasteiger partial charge is 0.318 e. The van der Waals surface area contributed by atoms with Crippen molar-refractivity contribution in [3.63, 3.8) is 0 Å². The van der Waals surface area contributed by atoms with Gasteiger partial charge in [0, 0.05) is 33.2 Å². The highest BCUT2D eigenvalue weighted by Crippen LogP contribution is 2.37. The van der Waals surface area contributed by atoms with Crippen molar-refractivity contribution in [3.05, 3.63) is 58.1 Å². The molecule has 0 radical (unpaired) electrons. The molecule has 26 heavy (non-hydrogen) atoms. The Labute approximate surface area is 164 Å². The topological polar surface area (TPSA) is 52.7 Å². The van der Waals surface area contributed by atoms with E-state index in [9.17, 15) is 4.79 Å². The normalized spacial score (nSPS) is 14.0. The number of hydrogen-bond acceptors (Lipinski definition) is 4. The molecule has 0 amide bonds. The Morgan fingerprint density at radius 2 is 2.00 bits per heavy atom. The van der Waals surface area contributed by atoms with Gasteiger partial charge in [0.2, 0.25) is 0 Å². The molecule has 0 aliphatic heterocycles. The lowest BCUT2D eigenvalue weighted by Gasteiger charge is -2.10. The number of carbonyl (C=O) groups is 1. The minimum Gasteiger partial charge on any atom is -0.318 e. The van der Waals surface area contributed by atoms with Crippen molar-refractivity contribution in [2.24, 2.45) is 0 Å². The van der Waals surface area contributed by atoms with Gasteiger partial charge in [0.15, 0.2) is 10.9 Å². The fourth-order valence-electron chi connectivity index (χ4n) is 3.18. The summed E-state index contributed by atoms with van der Waals surface area (Å²) in [4.78, 5) is 12.8. The monoisotopic (exact) mass is 430 g/mol. The number of nitrogens with zero attached hydrogens (tertiary/aromatic N) is 4. The van der Waals surface area contributed by atoms with E-state index < -0.39 is 0 Å². The van der Waals surface area contributed by atoms with Crippen molar-refractivity contribution in [3.8, 4) is 5.69 Å². The first-order chi connectivity index (χ1) is 12.5. The quantitative estimate of drug-likeness (QED) is 0.417. The van der Waals surface area contributed by atoms with Gasteiger partial charge in [-0.1, -0.05) is 27.7 Å². The highest BCUT2D eigenvalue weighted by molar-refractivity contribution is 9.10. The molecule has 3 aromatic rings. The first-order valence-electron chi connectivity index (χ1n) is 8.55. The van der Waals surface area contributed by atoms with Crippen LogP contribution >= 0.6 is 27.7 Å². The Bertz CT molecular complexity index is 957. The van der Waals surface area contributed by atoms with Crippen molar-refractivity contribution in [1.29, 1.82) is 0 Å². The van der Waals surface area contributed by atoms with Gasteiger partial charge in [0.05, 0.1) is 5.75 Å². The van der Waals surface area contributed by atoms with Crippen molar-refractivity contribution in [2.45, 2.75) is 37.9 Å². The van der Waals surface area contributed by atoms with Crippen molar-refractivity contribution in [2.75, 3.05) is 5.75 Å². The summed E-state index contributed by atoms with van der Waals surface area (Å²) in [5.74, 6) is 0.493. The number of aromatic nitrogens is 4. The molecule has 1 aliphatic rings. The molecular weight excluding hydrogens is 412 g/mol. The Hall–Kier alpha value is -1.86. The van der Waals surface area contributed by atoms with Crippen LogP contribution in [0.25, 0.3) is 5.69 Å². The Morgan fingerprint density at radius 1 is 1.27 bits per heavy atom. The van der Waals surface area contributed by atoms with E-state index in [0.717, 1.165) is 32.3 Å². The van der Waals surface area contributed by atoms with E-state index in [1.807, 2.05) is 44.2 Å². The van der Waals surface area contributed by atoms with E-state index in [1.54, 1.807) is 6.33 Å². The molecule has 0 N–H and O–H groups in total. The second kappa shape index (κ2) is 7.04.